The van der Waals surface area contributed by atoms with Crippen molar-refractivity contribution in [2.75, 3.05) is 50.7 Å². The number of hydrogen-bond donors (Lipinski definition) is 6. The molecular formula is C28H45F3N8O4. The van der Waals surface area contributed by atoms with Gasteiger partial charge in [-0.1, -0.05) is 6.92 Å². The predicted octanol–water partition coefficient (Wildman–Crippen LogP) is 0.435. The lowest BCUT2D eigenvalue weighted by molar-refractivity contribution is -0.274. The van der Waals surface area contributed by atoms with Crippen molar-refractivity contribution in [2.45, 2.75) is 94.1 Å². The number of likely N-dealkylation sites (N-methyl/N-ethyl adjacent to an activating group) is 2. The maximum atomic E-state index is 12.6. The molecule has 4 aliphatic heterocycles. The van der Waals surface area contributed by atoms with E-state index >= 15 is 0 Å². The predicted molar refractivity (Wildman–Crippen MR) is 154 cm³/mol. The molecule has 0 spiro atoms. The highest BCUT2D eigenvalue weighted by Gasteiger charge is 2.53. The van der Waals surface area contributed by atoms with E-state index in [4.69, 9.17) is 10.5 Å². The Morgan fingerprint density at radius 3 is 2.63 bits per heavy atom. The summed E-state index contributed by atoms with van der Waals surface area (Å²) in [6.45, 7) is 4.59. The summed E-state index contributed by atoms with van der Waals surface area (Å²) >= 11 is 0. The summed E-state index contributed by atoms with van der Waals surface area (Å²) in [5, 5.41) is 32.1. The molecule has 0 bridgehead atoms. The number of nitrogens with one attached hydrogen (secondary N) is 3. The van der Waals surface area contributed by atoms with Crippen LogP contribution in [0.1, 0.15) is 32.6 Å². The first-order valence-corrected chi connectivity index (χ1v) is 15.3. The number of anilines is 2. The average Bonchev–Trinajstić information content (AvgIpc) is 3.58. The van der Waals surface area contributed by atoms with Crippen molar-refractivity contribution >= 4 is 11.4 Å². The van der Waals surface area contributed by atoms with E-state index in [0.29, 0.717) is 37.5 Å². The zero-order chi connectivity index (χ0) is 30.6. The first kappa shape index (κ1) is 31.0. The summed E-state index contributed by atoms with van der Waals surface area (Å²) in [7, 11) is 3.92. The molecule has 7 N–H and O–H groups in total. The van der Waals surface area contributed by atoms with E-state index in [-0.39, 0.29) is 30.3 Å². The number of aliphatic hydroxyl groups excluding tert-OH is 2. The van der Waals surface area contributed by atoms with Gasteiger partial charge in [0.05, 0.1) is 49.3 Å². The van der Waals surface area contributed by atoms with Crippen LogP contribution in [0.15, 0.2) is 18.2 Å². The van der Waals surface area contributed by atoms with Gasteiger partial charge in [-0.15, -0.1) is 13.2 Å². The van der Waals surface area contributed by atoms with Crippen LogP contribution in [0.25, 0.3) is 0 Å². The Morgan fingerprint density at radius 2 is 1.91 bits per heavy atom. The summed E-state index contributed by atoms with van der Waals surface area (Å²) in [6.07, 6.45) is -4.19. The quantitative estimate of drug-likeness (QED) is 0.231. The Labute approximate surface area is 250 Å². The van der Waals surface area contributed by atoms with E-state index in [9.17, 15) is 23.4 Å². The summed E-state index contributed by atoms with van der Waals surface area (Å²) in [5.41, 5.74) is 7.79. The van der Waals surface area contributed by atoms with Crippen LogP contribution in [0.3, 0.4) is 0 Å². The van der Waals surface area contributed by atoms with Gasteiger partial charge in [0.25, 0.3) is 0 Å². The van der Waals surface area contributed by atoms with Crippen LogP contribution >= 0.6 is 0 Å². The summed E-state index contributed by atoms with van der Waals surface area (Å²) in [4.78, 5) is 8.53. The van der Waals surface area contributed by atoms with E-state index in [1.165, 1.54) is 12.1 Å². The normalized spacial score (nSPS) is 38.2. The molecule has 0 amide bonds. The van der Waals surface area contributed by atoms with E-state index in [0.717, 1.165) is 37.9 Å². The third-order valence-electron chi connectivity index (χ3n) is 10.1. The Morgan fingerprint density at radius 1 is 1.14 bits per heavy atom. The van der Waals surface area contributed by atoms with Crippen molar-refractivity contribution in [1.29, 1.82) is 0 Å². The van der Waals surface area contributed by atoms with Gasteiger partial charge in [-0.3, -0.25) is 15.5 Å². The molecule has 15 heteroatoms. The summed E-state index contributed by atoms with van der Waals surface area (Å²) < 4.78 is 48.3. The molecule has 0 radical (unpaired) electrons. The van der Waals surface area contributed by atoms with Crippen LogP contribution in [-0.4, -0.2) is 127 Å². The molecule has 0 aromatic heterocycles. The molecule has 4 unspecified atom stereocenters. The highest BCUT2D eigenvalue weighted by molar-refractivity contribution is 5.77. The minimum atomic E-state index is -4.72. The Bertz CT molecular complexity index is 1130. The van der Waals surface area contributed by atoms with Gasteiger partial charge in [0.2, 0.25) is 0 Å². The van der Waals surface area contributed by atoms with Crippen molar-refractivity contribution < 1.29 is 32.9 Å². The first-order valence-electron chi connectivity index (χ1n) is 15.3. The molecule has 1 aliphatic carbocycles. The molecule has 1 saturated carbocycles. The zero-order valence-corrected chi connectivity index (χ0v) is 24.9. The number of nitrogens with zero attached hydrogens (tertiary/aromatic N) is 4. The fourth-order valence-corrected chi connectivity index (χ4v) is 7.46. The smallest absolute Gasteiger partial charge is 0.406 e. The van der Waals surface area contributed by atoms with Gasteiger partial charge in [0.15, 0.2) is 0 Å². The summed E-state index contributed by atoms with van der Waals surface area (Å²) in [5.74, 6) is 0.320. The number of hydrogen-bond acceptors (Lipinski definition) is 12. The molecule has 5 aliphatic rings. The number of fused-ring (bicyclic) bond motifs is 2. The number of nitrogens with two attached hydrogens (primary N) is 1. The molecule has 4 fully saturated rings. The van der Waals surface area contributed by atoms with E-state index < -0.39 is 30.9 Å². The second kappa shape index (κ2) is 12.1. The molecule has 12 nitrogen and oxygen atoms in total. The molecule has 1 aromatic carbocycles. The van der Waals surface area contributed by atoms with Gasteiger partial charge in [-0.05, 0) is 57.3 Å². The van der Waals surface area contributed by atoms with E-state index in [1.807, 2.05) is 19.0 Å². The lowest BCUT2D eigenvalue weighted by Crippen LogP contribution is -2.69. The first-order chi connectivity index (χ1) is 20.4. The average molecular weight is 615 g/mol. The number of halogens is 3. The van der Waals surface area contributed by atoms with Crippen LogP contribution in [0, 0.1) is 5.92 Å². The van der Waals surface area contributed by atoms with Gasteiger partial charge >= 0.3 is 6.36 Å². The van der Waals surface area contributed by atoms with Gasteiger partial charge < -0.3 is 40.5 Å². The van der Waals surface area contributed by atoms with Crippen molar-refractivity contribution in [3.63, 3.8) is 0 Å². The van der Waals surface area contributed by atoms with E-state index in [2.05, 4.69) is 42.3 Å². The van der Waals surface area contributed by atoms with Crippen molar-refractivity contribution in [3.8, 4) is 5.75 Å². The number of ether oxygens (including phenoxy) is 2. The van der Waals surface area contributed by atoms with E-state index in [1.54, 1.807) is 6.07 Å². The van der Waals surface area contributed by atoms with Gasteiger partial charge in [0.1, 0.15) is 30.3 Å². The topological polar surface area (TPSA) is 134 Å². The second-order valence-electron chi connectivity index (χ2n) is 12.7. The van der Waals surface area contributed by atoms with Crippen molar-refractivity contribution in [2.24, 2.45) is 11.7 Å². The Hall–Kier alpha value is -1.95. The SMILES string of the molecule is CCN1CNC(N)C2NCN([C@@H]3O[C@H](CN(C)C4CC(CCC5Nc6ccc(OC(F)(F)F)cc6N5C)C4)[C@@H](O)[C@H]3O)C21. The third kappa shape index (κ3) is 6.16. The molecule has 3 saturated heterocycles. The number of aliphatic hydroxyl groups is 2. The highest BCUT2D eigenvalue weighted by atomic mass is 19.4. The molecule has 242 valence electrons. The largest absolute Gasteiger partial charge is 0.573 e. The van der Waals surface area contributed by atoms with Crippen LogP contribution in [0.5, 0.6) is 5.75 Å². The third-order valence-corrected chi connectivity index (χ3v) is 10.1. The number of alkyl halides is 3. The van der Waals surface area contributed by atoms with Crippen LogP contribution in [0.4, 0.5) is 24.5 Å². The fourth-order valence-electron chi connectivity index (χ4n) is 7.46. The lowest BCUT2D eigenvalue weighted by Gasteiger charge is -2.45. The maximum absolute atomic E-state index is 12.6. The molecule has 1 aromatic rings. The monoisotopic (exact) mass is 614 g/mol. The van der Waals surface area contributed by atoms with Gasteiger partial charge in [0, 0.05) is 25.7 Å². The molecule has 4 heterocycles. The number of rotatable bonds is 9. The van der Waals surface area contributed by atoms with Crippen molar-refractivity contribution in [1.82, 2.24) is 25.3 Å². The minimum Gasteiger partial charge on any atom is -0.406 e. The molecular weight excluding hydrogens is 569 g/mol. The van der Waals surface area contributed by atoms with Crippen LogP contribution in [-0.2, 0) is 4.74 Å². The number of benzene rings is 1. The Kier molecular flexibility index (Phi) is 8.74. The maximum Gasteiger partial charge on any atom is 0.573 e. The molecule has 8 atom stereocenters. The standard InChI is InChI=1S/C28H45F3N8O4/c1-4-38-13-34-25(32)22-26(38)39(14-33-22)27-24(41)23(40)20(42-27)12-36(2)16-9-15(10-16)5-8-21-35-18-7-6-17(43-28(29,30)31)11-19(18)37(21)3/h6-7,11,15-16,20-27,33-35,40-41H,4-5,8-10,12-14,32H2,1-3H3/t15?,16?,20-,21?,22?,23-,24-,25?,26?,27-/m1/s1. The zero-order valence-electron chi connectivity index (χ0n) is 24.9. The van der Waals surface area contributed by atoms with Gasteiger partial charge in [-0.25, -0.2) is 4.90 Å². The Balaban J connectivity index is 0.962. The molecule has 43 heavy (non-hydrogen) atoms. The van der Waals surface area contributed by atoms with Crippen LogP contribution in [0.2, 0.25) is 0 Å². The van der Waals surface area contributed by atoms with Crippen LogP contribution < -0.4 is 31.3 Å². The van der Waals surface area contributed by atoms with Crippen molar-refractivity contribution in [3.05, 3.63) is 18.2 Å². The molecule has 6 rings (SSSR count). The summed E-state index contributed by atoms with van der Waals surface area (Å²) in [6, 6.07) is 4.73. The minimum absolute atomic E-state index is 0.00572. The second-order valence-corrected chi connectivity index (χ2v) is 12.7. The lowest BCUT2D eigenvalue weighted by atomic mass is 9.76. The highest BCUT2D eigenvalue weighted by Crippen LogP contribution is 2.41. The van der Waals surface area contributed by atoms with Gasteiger partial charge in [-0.2, -0.15) is 0 Å². The fraction of sp³-hybridized carbons (Fsp3) is 0.786.